The predicted octanol–water partition coefficient (Wildman–Crippen LogP) is -4.07. The number of hydrogen-bond donors (Lipinski definition) is 1. The van der Waals surface area contributed by atoms with Gasteiger partial charge in [0, 0.05) is 5.10 Å². The van der Waals surface area contributed by atoms with Crippen LogP contribution in [0.25, 0.3) is 5.69 Å². The van der Waals surface area contributed by atoms with Crippen LogP contribution in [0.1, 0.15) is 0 Å². The van der Waals surface area contributed by atoms with Gasteiger partial charge in [0.25, 0.3) is 0 Å². The van der Waals surface area contributed by atoms with Crippen LogP contribution in [0.3, 0.4) is 0 Å². The van der Waals surface area contributed by atoms with Crippen LogP contribution in [0.5, 0.6) is 0 Å². The van der Waals surface area contributed by atoms with Crippen LogP contribution in [0.4, 0.5) is 23.5 Å². The molecule has 2 rings (SSSR count). The van der Waals surface area contributed by atoms with E-state index in [0.717, 1.165) is 0 Å². The SMILES string of the molecule is Nc1nc([N+](=O)[O-])nn1-c1c([N+](=O)[O-])n[n-]c1[N+](=O)[O-].[K+]. The number of rotatable bonds is 4. The fourth-order valence-corrected chi connectivity index (χ4v) is 1.28. The molecule has 0 unspecified atom stereocenters. The summed E-state index contributed by atoms with van der Waals surface area (Å²) in [6.45, 7) is 0. The van der Waals surface area contributed by atoms with Gasteiger partial charge in [-0.3, -0.25) is 0 Å². The molecule has 0 aliphatic carbocycles. The zero-order chi connectivity index (χ0) is 15.0. The van der Waals surface area contributed by atoms with Crippen molar-refractivity contribution in [1.29, 1.82) is 0 Å². The molecule has 15 nitrogen and oxygen atoms in total. The molecule has 2 N–H and O–H groups in total. The Morgan fingerprint density at radius 2 is 1.71 bits per heavy atom. The second-order valence-electron chi connectivity index (χ2n) is 3.15. The minimum absolute atomic E-state index is 0. The molecule has 0 saturated carbocycles. The standard InChI is InChI=1S/C5H2N9O6.K/c6-4-7-5(14(19)20)10-11(4)1-2(12(15)16)8-9-3(1)13(17)18;/h(H2-,6,7,8,9,10);/q-1;+1. The largest absolute Gasteiger partial charge is 1.00 e. The first kappa shape index (κ1) is 17.0. The quantitative estimate of drug-likeness (QED) is 0.324. The maximum Gasteiger partial charge on any atom is 1.00 e. The van der Waals surface area contributed by atoms with Gasteiger partial charge in [0.05, 0.1) is 5.10 Å². The van der Waals surface area contributed by atoms with E-state index in [2.05, 4.69) is 20.3 Å². The third-order valence-corrected chi connectivity index (χ3v) is 2.01. The summed E-state index contributed by atoms with van der Waals surface area (Å²) in [5, 5.41) is 41.2. The van der Waals surface area contributed by atoms with Crippen molar-refractivity contribution in [3.63, 3.8) is 0 Å². The summed E-state index contributed by atoms with van der Waals surface area (Å²) in [5.74, 6) is -3.68. The van der Waals surface area contributed by atoms with E-state index < -0.39 is 44.0 Å². The average Bonchev–Trinajstić information content (AvgIpc) is 2.91. The van der Waals surface area contributed by atoms with E-state index in [-0.39, 0.29) is 51.4 Å². The zero-order valence-corrected chi connectivity index (χ0v) is 13.2. The fourth-order valence-electron chi connectivity index (χ4n) is 1.28. The number of nitrogen functional groups attached to an aromatic ring is 1. The number of nitro groups is 3. The first-order valence-electron chi connectivity index (χ1n) is 4.52. The molecule has 2 heterocycles. The van der Waals surface area contributed by atoms with E-state index in [0.29, 0.717) is 4.68 Å². The van der Waals surface area contributed by atoms with Gasteiger partial charge in [0.2, 0.25) is 11.5 Å². The number of hydrogen-bond acceptors (Lipinski definition) is 10. The third kappa shape index (κ3) is 3.02. The molecule has 104 valence electrons. The summed E-state index contributed by atoms with van der Waals surface area (Å²) in [5.41, 5.74) is 4.49. The van der Waals surface area contributed by atoms with Crippen molar-refractivity contribution in [1.82, 2.24) is 25.0 Å². The molecule has 0 aliphatic heterocycles. The van der Waals surface area contributed by atoms with Gasteiger partial charge in [-0.15, -0.1) is 4.68 Å². The molecule has 2 aromatic heterocycles. The molecule has 0 radical (unpaired) electrons. The van der Waals surface area contributed by atoms with Crippen LogP contribution in [0.2, 0.25) is 0 Å². The number of nitrogens with two attached hydrogens (primary N) is 1. The van der Waals surface area contributed by atoms with Gasteiger partial charge in [0.1, 0.15) is 0 Å². The van der Waals surface area contributed by atoms with Gasteiger partial charge in [-0.2, -0.15) is 4.92 Å². The van der Waals surface area contributed by atoms with E-state index in [4.69, 9.17) is 5.73 Å². The number of anilines is 1. The molecule has 2 aromatic rings. The van der Waals surface area contributed by atoms with Gasteiger partial charge < -0.3 is 36.1 Å². The minimum Gasteiger partial charge on any atom is -0.459 e. The second-order valence-corrected chi connectivity index (χ2v) is 3.15. The summed E-state index contributed by atoms with van der Waals surface area (Å²) in [6, 6.07) is 0. The number of nitrogens with zero attached hydrogens (tertiary/aromatic N) is 8. The topological polar surface area (TPSA) is 213 Å². The van der Waals surface area contributed by atoms with E-state index in [9.17, 15) is 30.3 Å². The molecule has 21 heavy (non-hydrogen) atoms. The first-order chi connectivity index (χ1) is 9.32. The van der Waals surface area contributed by atoms with Crippen LogP contribution >= 0.6 is 0 Å². The Hall–Kier alpha value is -2.01. The molecule has 0 bridgehead atoms. The molecule has 0 amide bonds. The Kier molecular flexibility index (Phi) is 5.01. The summed E-state index contributed by atoms with van der Waals surface area (Å²) >= 11 is 0. The van der Waals surface area contributed by atoms with Crippen LogP contribution in [0.15, 0.2) is 0 Å². The number of aromatic nitrogens is 5. The molecular weight excluding hydrogens is 321 g/mol. The summed E-state index contributed by atoms with van der Waals surface area (Å²) in [4.78, 5) is 32.0. The van der Waals surface area contributed by atoms with Gasteiger partial charge in [-0.05, 0) is 19.9 Å². The van der Waals surface area contributed by atoms with Crippen molar-refractivity contribution in [2.45, 2.75) is 0 Å². The Morgan fingerprint density at radius 1 is 1.10 bits per heavy atom. The molecule has 0 atom stereocenters. The van der Waals surface area contributed by atoms with Gasteiger partial charge in [0.15, 0.2) is 0 Å². The predicted molar refractivity (Wildman–Crippen MR) is 56.8 cm³/mol. The Balaban J connectivity index is 0.00000220. The Bertz CT molecular complexity index is 704. The fraction of sp³-hybridized carbons (Fsp3) is 0. The second kappa shape index (κ2) is 6.18. The van der Waals surface area contributed by atoms with E-state index >= 15 is 0 Å². The first-order valence-corrected chi connectivity index (χ1v) is 4.52. The monoisotopic (exact) mass is 323 g/mol. The molecule has 0 aromatic carbocycles. The van der Waals surface area contributed by atoms with E-state index in [1.165, 1.54) is 0 Å². The van der Waals surface area contributed by atoms with Crippen LogP contribution < -0.4 is 62.2 Å². The third-order valence-electron chi connectivity index (χ3n) is 2.01. The van der Waals surface area contributed by atoms with Crippen LogP contribution in [0, 0.1) is 30.3 Å². The van der Waals surface area contributed by atoms with Gasteiger partial charge in [-0.25, -0.2) is 0 Å². The maximum atomic E-state index is 10.7. The smallest absolute Gasteiger partial charge is 0.459 e. The van der Waals surface area contributed by atoms with Gasteiger partial charge in [-0.1, -0.05) is 0 Å². The molecule has 0 aliphatic rings. The van der Waals surface area contributed by atoms with Crippen molar-refractivity contribution < 1.29 is 66.2 Å². The minimum atomic E-state index is -1.07. The summed E-state index contributed by atoms with van der Waals surface area (Å²) in [6.07, 6.45) is 0. The summed E-state index contributed by atoms with van der Waals surface area (Å²) < 4.78 is 0.369. The van der Waals surface area contributed by atoms with Crippen molar-refractivity contribution >= 4 is 23.5 Å². The molecule has 16 heteroatoms. The average molecular weight is 323 g/mol. The van der Waals surface area contributed by atoms with E-state index in [1.54, 1.807) is 0 Å². The van der Waals surface area contributed by atoms with Crippen molar-refractivity contribution in [3.8, 4) is 5.69 Å². The maximum absolute atomic E-state index is 10.7. The van der Waals surface area contributed by atoms with Gasteiger partial charge >= 0.3 is 69.1 Å². The van der Waals surface area contributed by atoms with E-state index in [1.807, 2.05) is 0 Å². The zero-order valence-electron chi connectivity index (χ0n) is 10.1. The Morgan fingerprint density at radius 3 is 2.14 bits per heavy atom. The molecule has 0 saturated heterocycles. The normalized spacial score (nSPS) is 9.90. The molecular formula is C5H2KN9O6. The van der Waals surface area contributed by atoms with Crippen molar-refractivity contribution in [2.24, 2.45) is 0 Å². The van der Waals surface area contributed by atoms with Crippen molar-refractivity contribution in [2.75, 3.05) is 5.73 Å². The molecule has 0 spiro atoms. The van der Waals surface area contributed by atoms with Crippen LogP contribution in [-0.4, -0.2) is 34.6 Å². The van der Waals surface area contributed by atoms with Crippen LogP contribution in [-0.2, 0) is 0 Å². The Labute approximate surface area is 155 Å². The molecule has 0 fully saturated rings. The summed E-state index contributed by atoms with van der Waals surface area (Å²) in [7, 11) is 0. The van der Waals surface area contributed by atoms with Crippen molar-refractivity contribution in [3.05, 3.63) is 30.3 Å².